The minimum Gasteiger partial charge on any atom is -0.370 e. The first-order valence-corrected chi connectivity index (χ1v) is 7.20. The van der Waals surface area contributed by atoms with Gasteiger partial charge in [0.05, 0.1) is 5.69 Å². The quantitative estimate of drug-likeness (QED) is 0.704. The van der Waals surface area contributed by atoms with Gasteiger partial charge < -0.3 is 15.5 Å². The van der Waals surface area contributed by atoms with Gasteiger partial charge in [0.15, 0.2) is 0 Å². The van der Waals surface area contributed by atoms with E-state index >= 15 is 0 Å². The molecule has 19 heavy (non-hydrogen) atoms. The third kappa shape index (κ3) is 4.67. The van der Waals surface area contributed by atoms with Gasteiger partial charge in [0.25, 0.3) is 0 Å². The van der Waals surface area contributed by atoms with Crippen LogP contribution in [0.5, 0.6) is 0 Å². The lowest BCUT2D eigenvalue weighted by Gasteiger charge is -2.12. The normalized spacial score (nSPS) is 14.7. The molecule has 1 heterocycles. The Morgan fingerprint density at radius 2 is 2.05 bits per heavy atom. The van der Waals surface area contributed by atoms with Crippen LogP contribution in [0.25, 0.3) is 0 Å². The van der Waals surface area contributed by atoms with E-state index in [1.165, 1.54) is 18.5 Å². The molecule has 0 aliphatic heterocycles. The Labute approximate surface area is 115 Å². The summed E-state index contributed by atoms with van der Waals surface area (Å²) in [5, 5.41) is 6.61. The number of hydrogen-bond acceptors (Lipinski definition) is 5. The second-order valence-corrected chi connectivity index (χ2v) is 5.39. The molecule has 0 saturated heterocycles. The summed E-state index contributed by atoms with van der Waals surface area (Å²) in [6.45, 7) is 4.97. The summed E-state index contributed by atoms with van der Waals surface area (Å²) in [6.07, 6.45) is 3.63. The van der Waals surface area contributed by atoms with Crippen LogP contribution >= 0.6 is 0 Å². The van der Waals surface area contributed by atoms with Crippen molar-refractivity contribution in [3.8, 4) is 0 Å². The van der Waals surface area contributed by atoms with Gasteiger partial charge in [0.2, 0.25) is 5.95 Å². The molecular weight excluding hydrogens is 238 g/mol. The summed E-state index contributed by atoms with van der Waals surface area (Å²) in [5.74, 6) is 2.36. The van der Waals surface area contributed by atoms with Crippen molar-refractivity contribution in [1.82, 2.24) is 14.9 Å². The largest absolute Gasteiger partial charge is 0.370 e. The average Bonchev–Trinajstić information content (AvgIpc) is 3.19. The Bertz CT molecular complexity index is 401. The SMILES string of the molecule is CCNc1cc(C2CC2)nc(NCCCN(C)C)n1. The minimum atomic E-state index is 0.655. The second kappa shape index (κ2) is 6.70. The molecule has 0 aromatic carbocycles. The molecule has 0 amide bonds. The van der Waals surface area contributed by atoms with Gasteiger partial charge in [-0.1, -0.05) is 0 Å². The molecule has 2 rings (SSSR count). The fourth-order valence-electron chi connectivity index (χ4n) is 2.00. The topological polar surface area (TPSA) is 53.1 Å². The molecule has 106 valence electrons. The molecule has 0 spiro atoms. The van der Waals surface area contributed by atoms with Crippen molar-refractivity contribution in [3.63, 3.8) is 0 Å². The molecule has 1 aliphatic carbocycles. The Morgan fingerprint density at radius 3 is 2.68 bits per heavy atom. The Kier molecular flexibility index (Phi) is 4.96. The number of nitrogens with one attached hydrogen (secondary N) is 2. The lowest BCUT2D eigenvalue weighted by Crippen LogP contribution is -2.17. The Hall–Kier alpha value is -1.36. The summed E-state index contributed by atoms with van der Waals surface area (Å²) >= 11 is 0. The lowest BCUT2D eigenvalue weighted by molar-refractivity contribution is 0.405. The molecule has 0 unspecified atom stereocenters. The third-order valence-electron chi connectivity index (χ3n) is 3.16. The van der Waals surface area contributed by atoms with E-state index in [0.717, 1.165) is 37.8 Å². The maximum absolute atomic E-state index is 4.62. The van der Waals surface area contributed by atoms with Crippen LogP contribution in [0.3, 0.4) is 0 Å². The smallest absolute Gasteiger partial charge is 0.224 e. The van der Waals surface area contributed by atoms with E-state index in [0.29, 0.717) is 5.92 Å². The first-order valence-electron chi connectivity index (χ1n) is 7.20. The Balaban J connectivity index is 1.94. The molecule has 1 saturated carbocycles. The maximum Gasteiger partial charge on any atom is 0.224 e. The van der Waals surface area contributed by atoms with Gasteiger partial charge in [-0.2, -0.15) is 4.98 Å². The van der Waals surface area contributed by atoms with Crippen LogP contribution in [0.15, 0.2) is 6.07 Å². The molecular formula is C14H25N5. The van der Waals surface area contributed by atoms with Crippen LogP contribution in [-0.2, 0) is 0 Å². The van der Waals surface area contributed by atoms with Crippen LogP contribution in [0.1, 0.15) is 37.8 Å². The molecule has 5 nitrogen and oxygen atoms in total. The van der Waals surface area contributed by atoms with Crippen molar-refractivity contribution in [2.24, 2.45) is 0 Å². The van der Waals surface area contributed by atoms with E-state index in [9.17, 15) is 0 Å². The van der Waals surface area contributed by atoms with Gasteiger partial charge in [-0.3, -0.25) is 0 Å². The standard InChI is InChI=1S/C14H25N5/c1-4-15-13-10-12(11-6-7-11)17-14(18-13)16-8-5-9-19(2)3/h10-11H,4-9H2,1-3H3,(H2,15,16,17,18). The van der Waals surface area contributed by atoms with Crippen molar-refractivity contribution in [2.75, 3.05) is 44.4 Å². The van der Waals surface area contributed by atoms with Gasteiger partial charge in [-0.15, -0.1) is 0 Å². The van der Waals surface area contributed by atoms with Crippen LogP contribution in [-0.4, -0.2) is 48.6 Å². The summed E-state index contributed by atoms with van der Waals surface area (Å²) in [6, 6.07) is 2.09. The predicted molar refractivity (Wildman–Crippen MR) is 79.8 cm³/mol. The van der Waals surface area contributed by atoms with Gasteiger partial charge in [-0.25, -0.2) is 4.98 Å². The van der Waals surface area contributed by atoms with Gasteiger partial charge in [0, 0.05) is 25.1 Å². The zero-order chi connectivity index (χ0) is 13.7. The molecule has 5 heteroatoms. The van der Waals surface area contributed by atoms with Crippen molar-refractivity contribution in [2.45, 2.75) is 32.1 Å². The summed E-state index contributed by atoms with van der Waals surface area (Å²) in [5.41, 5.74) is 1.18. The highest BCUT2D eigenvalue weighted by Crippen LogP contribution is 2.39. The van der Waals surface area contributed by atoms with Gasteiger partial charge in [0.1, 0.15) is 5.82 Å². The molecule has 0 bridgehead atoms. The number of anilines is 2. The molecule has 1 aromatic heterocycles. The number of nitrogens with zero attached hydrogens (tertiary/aromatic N) is 3. The van der Waals surface area contributed by atoms with Crippen molar-refractivity contribution >= 4 is 11.8 Å². The average molecular weight is 263 g/mol. The predicted octanol–water partition coefficient (Wildman–Crippen LogP) is 2.15. The number of aromatic nitrogens is 2. The molecule has 1 aromatic rings. The third-order valence-corrected chi connectivity index (χ3v) is 3.16. The zero-order valence-corrected chi connectivity index (χ0v) is 12.2. The first kappa shape index (κ1) is 14.1. The second-order valence-electron chi connectivity index (χ2n) is 5.39. The fourth-order valence-corrected chi connectivity index (χ4v) is 2.00. The highest BCUT2D eigenvalue weighted by molar-refractivity contribution is 5.43. The molecule has 1 fully saturated rings. The first-order chi connectivity index (χ1) is 9.19. The van der Waals surface area contributed by atoms with Gasteiger partial charge in [-0.05, 0) is 46.8 Å². The van der Waals surface area contributed by atoms with E-state index < -0.39 is 0 Å². The van der Waals surface area contributed by atoms with E-state index in [1.54, 1.807) is 0 Å². The maximum atomic E-state index is 4.62. The Morgan fingerprint density at radius 1 is 1.26 bits per heavy atom. The van der Waals surface area contributed by atoms with Crippen molar-refractivity contribution in [3.05, 3.63) is 11.8 Å². The van der Waals surface area contributed by atoms with E-state index in [-0.39, 0.29) is 0 Å². The fraction of sp³-hybridized carbons (Fsp3) is 0.714. The molecule has 0 atom stereocenters. The number of rotatable bonds is 8. The summed E-state index contributed by atoms with van der Waals surface area (Å²) < 4.78 is 0. The van der Waals surface area contributed by atoms with Crippen LogP contribution in [0, 0.1) is 0 Å². The molecule has 2 N–H and O–H groups in total. The monoisotopic (exact) mass is 263 g/mol. The highest BCUT2D eigenvalue weighted by Gasteiger charge is 2.26. The number of hydrogen-bond donors (Lipinski definition) is 2. The van der Waals surface area contributed by atoms with Gasteiger partial charge >= 0.3 is 0 Å². The van der Waals surface area contributed by atoms with E-state index in [2.05, 4.69) is 52.6 Å². The van der Waals surface area contributed by atoms with E-state index in [4.69, 9.17) is 0 Å². The lowest BCUT2D eigenvalue weighted by atomic mass is 10.3. The highest BCUT2D eigenvalue weighted by atomic mass is 15.1. The van der Waals surface area contributed by atoms with Crippen molar-refractivity contribution in [1.29, 1.82) is 0 Å². The van der Waals surface area contributed by atoms with Crippen LogP contribution < -0.4 is 10.6 Å². The zero-order valence-electron chi connectivity index (χ0n) is 12.2. The van der Waals surface area contributed by atoms with Crippen molar-refractivity contribution < 1.29 is 0 Å². The molecule has 1 aliphatic rings. The summed E-state index contributed by atoms with van der Waals surface area (Å²) in [4.78, 5) is 11.3. The van der Waals surface area contributed by atoms with Crippen LogP contribution in [0.2, 0.25) is 0 Å². The summed E-state index contributed by atoms with van der Waals surface area (Å²) in [7, 11) is 4.18. The van der Waals surface area contributed by atoms with Crippen LogP contribution in [0.4, 0.5) is 11.8 Å². The molecule has 0 radical (unpaired) electrons. The minimum absolute atomic E-state index is 0.655. The van der Waals surface area contributed by atoms with E-state index in [1.807, 2.05) is 0 Å².